The molecule has 2 nitrogen and oxygen atoms in total. The summed E-state index contributed by atoms with van der Waals surface area (Å²) >= 11 is 0. The van der Waals surface area contributed by atoms with Crippen LogP contribution in [0.2, 0.25) is 0 Å². The smallest absolute Gasteiger partial charge is 0.0254 e. The Morgan fingerprint density at radius 2 is 1.84 bits per heavy atom. The van der Waals surface area contributed by atoms with Crippen LogP contribution >= 0.6 is 0 Å². The van der Waals surface area contributed by atoms with E-state index in [0.717, 1.165) is 18.0 Å². The molecular weight excluding hydrogens is 232 g/mol. The molecule has 1 aliphatic carbocycles. The van der Waals surface area contributed by atoms with Crippen molar-refractivity contribution in [1.82, 2.24) is 10.2 Å². The van der Waals surface area contributed by atoms with Gasteiger partial charge in [-0.05, 0) is 63.6 Å². The number of nitrogens with one attached hydrogen (secondary N) is 1. The summed E-state index contributed by atoms with van der Waals surface area (Å²) in [7, 11) is 2.15. The summed E-state index contributed by atoms with van der Waals surface area (Å²) in [5.41, 5.74) is 0.540. The van der Waals surface area contributed by atoms with Crippen LogP contribution in [0.5, 0.6) is 0 Å². The largest absolute Gasteiger partial charge is 0.315 e. The van der Waals surface area contributed by atoms with Crippen LogP contribution in [0.25, 0.3) is 0 Å². The fourth-order valence-corrected chi connectivity index (χ4v) is 4.25. The Morgan fingerprint density at radius 3 is 2.42 bits per heavy atom. The molecule has 0 radical (unpaired) electrons. The Bertz CT molecular complexity index is 266. The number of piperidine rings is 1. The number of hydrogen-bond acceptors (Lipinski definition) is 2. The average molecular weight is 266 g/mol. The number of likely N-dealkylation sites (tertiary alicyclic amines) is 1. The number of rotatable bonds is 4. The van der Waals surface area contributed by atoms with Gasteiger partial charge in [0.05, 0.1) is 0 Å². The molecule has 0 amide bonds. The van der Waals surface area contributed by atoms with Crippen molar-refractivity contribution in [2.45, 2.75) is 77.8 Å². The van der Waals surface area contributed by atoms with Gasteiger partial charge in [0, 0.05) is 12.1 Å². The lowest BCUT2D eigenvalue weighted by Crippen LogP contribution is -2.55. The zero-order chi connectivity index (χ0) is 13.9. The van der Waals surface area contributed by atoms with Crippen molar-refractivity contribution in [1.29, 1.82) is 0 Å². The van der Waals surface area contributed by atoms with Gasteiger partial charge in [-0.15, -0.1) is 0 Å². The molecule has 2 rings (SSSR count). The van der Waals surface area contributed by atoms with Crippen molar-refractivity contribution in [3.63, 3.8) is 0 Å². The molecule has 1 heterocycles. The fourth-order valence-electron chi connectivity index (χ4n) is 4.25. The van der Waals surface area contributed by atoms with Gasteiger partial charge in [0.25, 0.3) is 0 Å². The third-order valence-corrected chi connectivity index (χ3v) is 5.54. The highest BCUT2D eigenvalue weighted by molar-refractivity contribution is 4.95. The first-order chi connectivity index (χ1) is 9.05. The minimum Gasteiger partial charge on any atom is -0.315 e. The number of hydrogen-bond donors (Lipinski definition) is 1. The minimum absolute atomic E-state index is 0.540. The van der Waals surface area contributed by atoms with Gasteiger partial charge in [-0.1, -0.05) is 33.6 Å². The van der Waals surface area contributed by atoms with Crippen LogP contribution in [-0.2, 0) is 0 Å². The van der Waals surface area contributed by atoms with Crippen LogP contribution < -0.4 is 5.32 Å². The summed E-state index contributed by atoms with van der Waals surface area (Å²) in [6.45, 7) is 9.91. The number of nitrogens with zero attached hydrogens (tertiary/aromatic N) is 1. The van der Waals surface area contributed by atoms with Crippen LogP contribution in [0.3, 0.4) is 0 Å². The van der Waals surface area contributed by atoms with E-state index in [1.54, 1.807) is 0 Å². The third kappa shape index (κ3) is 3.95. The lowest BCUT2D eigenvalue weighted by Gasteiger charge is -2.48. The SMILES string of the molecule is CCCC1CCN(C2CC(C)(C)CCC2NC)CC1. The van der Waals surface area contributed by atoms with Gasteiger partial charge in [0.2, 0.25) is 0 Å². The van der Waals surface area contributed by atoms with E-state index in [4.69, 9.17) is 0 Å². The van der Waals surface area contributed by atoms with E-state index >= 15 is 0 Å². The molecule has 2 atom stereocenters. The maximum absolute atomic E-state index is 3.58. The maximum atomic E-state index is 3.58. The van der Waals surface area contributed by atoms with E-state index in [2.05, 4.69) is 38.0 Å². The predicted molar refractivity (Wildman–Crippen MR) is 83.5 cm³/mol. The molecule has 0 aromatic rings. The zero-order valence-corrected chi connectivity index (χ0v) is 13.5. The summed E-state index contributed by atoms with van der Waals surface area (Å²) in [6, 6.07) is 1.49. The van der Waals surface area contributed by atoms with Crippen molar-refractivity contribution in [3.05, 3.63) is 0 Å². The molecule has 2 fully saturated rings. The maximum Gasteiger partial charge on any atom is 0.0254 e. The highest BCUT2D eigenvalue weighted by atomic mass is 15.2. The van der Waals surface area contributed by atoms with Gasteiger partial charge in [-0.2, -0.15) is 0 Å². The second kappa shape index (κ2) is 6.58. The second-order valence-electron chi connectivity index (χ2n) is 7.64. The van der Waals surface area contributed by atoms with Crippen molar-refractivity contribution < 1.29 is 0 Å². The first kappa shape index (κ1) is 15.3. The topological polar surface area (TPSA) is 15.3 Å². The molecule has 112 valence electrons. The molecule has 0 aromatic heterocycles. The molecular formula is C17H34N2. The quantitative estimate of drug-likeness (QED) is 0.835. The Kier molecular flexibility index (Phi) is 5.30. The van der Waals surface area contributed by atoms with Gasteiger partial charge >= 0.3 is 0 Å². The van der Waals surface area contributed by atoms with E-state index in [1.807, 2.05) is 0 Å². The van der Waals surface area contributed by atoms with Crippen molar-refractivity contribution in [2.24, 2.45) is 11.3 Å². The first-order valence-electron chi connectivity index (χ1n) is 8.47. The lowest BCUT2D eigenvalue weighted by atomic mass is 9.72. The Hall–Kier alpha value is -0.0800. The molecule has 19 heavy (non-hydrogen) atoms. The van der Waals surface area contributed by atoms with Gasteiger partial charge in [-0.3, -0.25) is 4.90 Å². The van der Waals surface area contributed by atoms with E-state index in [0.29, 0.717) is 5.41 Å². The summed E-state index contributed by atoms with van der Waals surface area (Å²) < 4.78 is 0. The summed E-state index contributed by atoms with van der Waals surface area (Å²) in [5, 5.41) is 3.58. The number of likely N-dealkylation sites (N-methyl/N-ethyl adjacent to an activating group) is 1. The van der Waals surface area contributed by atoms with Gasteiger partial charge in [0.15, 0.2) is 0 Å². The molecule has 1 saturated carbocycles. The Balaban J connectivity index is 1.92. The van der Waals surface area contributed by atoms with Crippen molar-refractivity contribution in [2.75, 3.05) is 20.1 Å². The highest BCUT2D eigenvalue weighted by Crippen LogP contribution is 2.38. The van der Waals surface area contributed by atoms with E-state index in [1.165, 1.54) is 58.0 Å². The van der Waals surface area contributed by atoms with Crippen molar-refractivity contribution >= 4 is 0 Å². The molecule has 0 aromatic carbocycles. The molecule has 0 bridgehead atoms. The van der Waals surface area contributed by atoms with E-state index in [9.17, 15) is 0 Å². The standard InChI is InChI=1S/C17H34N2/c1-5-6-14-8-11-19(12-9-14)16-13-17(2,3)10-7-15(16)18-4/h14-16,18H,5-13H2,1-4H3. The monoisotopic (exact) mass is 266 g/mol. The first-order valence-corrected chi connectivity index (χ1v) is 8.47. The summed E-state index contributed by atoms with van der Waals surface area (Å²) in [5.74, 6) is 1.01. The summed E-state index contributed by atoms with van der Waals surface area (Å²) in [6.07, 6.45) is 9.77. The molecule has 1 aliphatic heterocycles. The zero-order valence-electron chi connectivity index (χ0n) is 13.5. The lowest BCUT2D eigenvalue weighted by molar-refractivity contribution is 0.0424. The minimum atomic E-state index is 0.540. The van der Waals surface area contributed by atoms with Crippen LogP contribution in [0.1, 0.15) is 65.7 Å². The van der Waals surface area contributed by atoms with Crippen LogP contribution in [0, 0.1) is 11.3 Å². The van der Waals surface area contributed by atoms with E-state index < -0.39 is 0 Å². The van der Waals surface area contributed by atoms with Crippen LogP contribution in [-0.4, -0.2) is 37.1 Å². The summed E-state index contributed by atoms with van der Waals surface area (Å²) in [4.78, 5) is 2.80. The van der Waals surface area contributed by atoms with E-state index in [-0.39, 0.29) is 0 Å². The van der Waals surface area contributed by atoms with Crippen LogP contribution in [0.4, 0.5) is 0 Å². The Morgan fingerprint density at radius 1 is 1.16 bits per heavy atom. The average Bonchev–Trinajstić information content (AvgIpc) is 2.39. The Labute approximate surface area is 120 Å². The molecule has 2 unspecified atom stereocenters. The normalized spacial score (nSPS) is 33.5. The fraction of sp³-hybridized carbons (Fsp3) is 1.00. The van der Waals surface area contributed by atoms with Crippen LogP contribution in [0.15, 0.2) is 0 Å². The highest BCUT2D eigenvalue weighted by Gasteiger charge is 2.38. The van der Waals surface area contributed by atoms with Crippen molar-refractivity contribution in [3.8, 4) is 0 Å². The molecule has 2 aliphatic rings. The van der Waals surface area contributed by atoms with Gasteiger partial charge < -0.3 is 5.32 Å². The van der Waals surface area contributed by atoms with Gasteiger partial charge in [-0.25, -0.2) is 0 Å². The van der Waals surface area contributed by atoms with Gasteiger partial charge in [0.1, 0.15) is 0 Å². The molecule has 0 spiro atoms. The predicted octanol–water partition coefficient (Wildman–Crippen LogP) is 3.67. The third-order valence-electron chi connectivity index (χ3n) is 5.54. The molecule has 1 N–H and O–H groups in total. The second-order valence-corrected chi connectivity index (χ2v) is 7.64. The molecule has 1 saturated heterocycles. The molecule has 2 heteroatoms.